The van der Waals surface area contributed by atoms with Crippen molar-refractivity contribution in [3.05, 3.63) is 65.7 Å². The van der Waals surface area contributed by atoms with Gasteiger partial charge in [-0.15, -0.1) is 4.99 Å². The molecule has 0 fully saturated rings. The zero-order chi connectivity index (χ0) is 14.2. The van der Waals surface area contributed by atoms with E-state index in [0.717, 1.165) is 5.56 Å². The maximum Gasteiger partial charge on any atom is 0.305 e. The van der Waals surface area contributed by atoms with Crippen LogP contribution in [-0.4, -0.2) is 6.02 Å². The van der Waals surface area contributed by atoms with Crippen molar-refractivity contribution in [1.82, 2.24) is 5.32 Å². The molecule has 2 rings (SSSR count). The number of para-hydroxylation sites is 1. The van der Waals surface area contributed by atoms with Gasteiger partial charge in [0, 0.05) is 6.54 Å². The molecule has 0 bridgehead atoms. The fourth-order valence-corrected chi connectivity index (χ4v) is 1.72. The van der Waals surface area contributed by atoms with Crippen LogP contribution in [0, 0.1) is 18.4 Å². The Morgan fingerprint density at radius 1 is 1.15 bits per heavy atom. The number of ether oxygens (including phenoxy) is 1. The second kappa shape index (κ2) is 6.95. The van der Waals surface area contributed by atoms with E-state index < -0.39 is 0 Å². The summed E-state index contributed by atoms with van der Waals surface area (Å²) in [6.45, 7) is 2.59. The number of benzene rings is 2. The van der Waals surface area contributed by atoms with Gasteiger partial charge in [-0.2, -0.15) is 5.26 Å². The molecule has 1 N–H and O–H groups in total. The zero-order valence-corrected chi connectivity index (χ0v) is 11.2. The Kier molecular flexibility index (Phi) is 4.74. The van der Waals surface area contributed by atoms with E-state index >= 15 is 0 Å². The minimum absolute atomic E-state index is 0.196. The molecule has 0 aliphatic heterocycles. The second-order valence-electron chi connectivity index (χ2n) is 4.21. The van der Waals surface area contributed by atoms with E-state index in [0.29, 0.717) is 12.3 Å². The van der Waals surface area contributed by atoms with Gasteiger partial charge in [0.05, 0.1) is 0 Å². The zero-order valence-electron chi connectivity index (χ0n) is 11.2. The lowest BCUT2D eigenvalue weighted by atomic mass is 10.1. The van der Waals surface area contributed by atoms with Crippen molar-refractivity contribution in [2.24, 2.45) is 4.99 Å². The molecule has 0 atom stereocenters. The summed E-state index contributed by atoms with van der Waals surface area (Å²) in [4.78, 5) is 3.65. The van der Waals surface area contributed by atoms with Crippen molar-refractivity contribution in [2.45, 2.75) is 13.5 Å². The number of nitrogens with one attached hydrogen (secondary N) is 1. The molecular formula is C16H15N3O. The van der Waals surface area contributed by atoms with Crippen LogP contribution in [0.15, 0.2) is 59.6 Å². The van der Waals surface area contributed by atoms with Gasteiger partial charge in [0.25, 0.3) is 0 Å². The summed E-state index contributed by atoms with van der Waals surface area (Å²) < 4.78 is 5.53. The number of nitriles is 1. The van der Waals surface area contributed by atoms with Crippen LogP contribution in [0.25, 0.3) is 0 Å². The maximum absolute atomic E-state index is 8.71. The molecule has 100 valence electrons. The quantitative estimate of drug-likeness (QED) is 0.527. The summed E-state index contributed by atoms with van der Waals surface area (Å²) in [5.74, 6) is 0.638. The van der Waals surface area contributed by atoms with E-state index in [-0.39, 0.29) is 6.02 Å². The van der Waals surface area contributed by atoms with Crippen LogP contribution >= 0.6 is 0 Å². The number of amidine groups is 1. The first-order valence-electron chi connectivity index (χ1n) is 6.27. The third kappa shape index (κ3) is 3.85. The lowest BCUT2D eigenvalue weighted by Gasteiger charge is -2.11. The largest absolute Gasteiger partial charge is 0.425 e. The summed E-state index contributed by atoms with van der Waals surface area (Å²) in [5.41, 5.74) is 2.31. The van der Waals surface area contributed by atoms with Crippen LogP contribution in [-0.2, 0) is 6.54 Å². The summed E-state index contributed by atoms with van der Waals surface area (Å²) in [7, 11) is 0. The third-order valence-electron chi connectivity index (χ3n) is 2.80. The number of hydrogen-bond acceptors (Lipinski definition) is 3. The van der Waals surface area contributed by atoms with Gasteiger partial charge < -0.3 is 10.1 Å². The van der Waals surface area contributed by atoms with Gasteiger partial charge in [-0.1, -0.05) is 42.5 Å². The van der Waals surface area contributed by atoms with Crippen molar-refractivity contribution >= 4 is 6.02 Å². The molecule has 0 aromatic heterocycles. The maximum atomic E-state index is 8.71. The molecule has 0 heterocycles. The molecule has 0 aliphatic rings. The molecule has 0 aliphatic carbocycles. The Hall–Kier alpha value is -2.80. The van der Waals surface area contributed by atoms with Gasteiger partial charge in [-0.3, -0.25) is 0 Å². The Morgan fingerprint density at radius 3 is 2.55 bits per heavy atom. The molecule has 0 radical (unpaired) electrons. The van der Waals surface area contributed by atoms with Crippen molar-refractivity contribution in [3.63, 3.8) is 0 Å². The molecule has 0 amide bonds. The lowest BCUT2D eigenvalue weighted by molar-refractivity contribution is 0.515. The van der Waals surface area contributed by atoms with Gasteiger partial charge in [0.15, 0.2) is 0 Å². The monoisotopic (exact) mass is 265 g/mol. The van der Waals surface area contributed by atoms with Gasteiger partial charge >= 0.3 is 6.02 Å². The van der Waals surface area contributed by atoms with Crippen LogP contribution < -0.4 is 10.1 Å². The van der Waals surface area contributed by atoms with Crippen molar-refractivity contribution in [2.75, 3.05) is 0 Å². The number of nitrogens with zero attached hydrogens (tertiary/aromatic N) is 2. The average molecular weight is 265 g/mol. The normalized spacial score (nSPS) is 10.7. The van der Waals surface area contributed by atoms with Crippen LogP contribution in [0.3, 0.4) is 0 Å². The van der Waals surface area contributed by atoms with E-state index in [1.54, 1.807) is 6.19 Å². The first kappa shape index (κ1) is 13.6. The molecule has 4 heteroatoms. The Balaban J connectivity index is 2.03. The van der Waals surface area contributed by atoms with Crippen LogP contribution in [0.2, 0.25) is 0 Å². The highest BCUT2D eigenvalue weighted by molar-refractivity contribution is 5.77. The Morgan fingerprint density at radius 2 is 1.85 bits per heavy atom. The van der Waals surface area contributed by atoms with Crippen LogP contribution in [0.5, 0.6) is 5.75 Å². The van der Waals surface area contributed by atoms with Crippen molar-refractivity contribution in [1.29, 1.82) is 5.26 Å². The smallest absolute Gasteiger partial charge is 0.305 e. The van der Waals surface area contributed by atoms with E-state index in [2.05, 4.69) is 10.3 Å². The van der Waals surface area contributed by atoms with Crippen LogP contribution in [0.4, 0.5) is 0 Å². The molecule has 20 heavy (non-hydrogen) atoms. The van der Waals surface area contributed by atoms with E-state index in [1.165, 1.54) is 5.56 Å². The number of aryl methyl sites for hydroxylation is 1. The van der Waals surface area contributed by atoms with E-state index in [1.807, 2.05) is 61.5 Å². The molecule has 0 saturated heterocycles. The summed E-state index contributed by atoms with van der Waals surface area (Å²) in [6, 6.07) is 17.5. The minimum Gasteiger partial charge on any atom is -0.425 e. The topological polar surface area (TPSA) is 57.4 Å². The molecule has 2 aromatic carbocycles. The lowest BCUT2D eigenvalue weighted by Crippen LogP contribution is -2.28. The third-order valence-corrected chi connectivity index (χ3v) is 2.80. The SMILES string of the molecule is Cc1ccccc1CN/C(=N/C#N)Oc1ccccc1. The predicted octanol–water partition coefficient (Wildman–Crippen LogP) is 3.00. The standard InChI is InChI=1S/C16H15N3O/c1-13-7-5-6-8-14(13)11-18-16(19-12-17)20-15-9-3-2-4-10-15/h2-10H,11H2,1H3,(H,18,19). The Labute approximate surface area is 118 Å². The highest BCUT2D eigenvalue weighted by Gasteiger charge is 2.03. The predicted molar refractivity (Wildman–Crippen MR) is 78.1 cm³/mol. The summed E-state index contributed by atoms with van der Waals surface area (Å²) in [6.07, 6.45) is 1.74. The van der Waals surface area contributed by atoms with Crippen molar-refractivity contribution < 1.29 is 4.74 Å². The molecule has 4 nitrogen and oxygen atoms in total. The minimum atomic E-state index is 0.196. The molecule has 0 unspecified atom stereocenters. The van der Waals surface area contributed by atoms with Gasteiger partial charge in [0.2, 0.25) is 6.19 Å². The number of rotatable bonds is 3. The first-order valence-corrected chi connectivity index (χ1v) is 6.27. The highest BCUT2D eigenvalue weighted by Crippen LogP contribution is 2.09. The first-order chi connectivity index (χ1) is 9.79. The molecule has 2 aromatic rings. The fourth-order valence-electron chi connectivity index (χ4n) is 1.72. The number of hydrogen-bond donors (Lipinski definition) is 1. The second-order valence-corrected chi connectivity index (χ2v) is 4.21. The molecule has 0 saturated carbocycles. The van der Waals surface area contributed by atoms with Crippen molar-refractivity contribution in [3.8, 4) is 11.9 Å². The summed E-state index contributed by atoms with van der Waals surface area (Å²) >= 11 is 0. The summed E-state index contributed by atoms with van der Waals surface area (Å²) in [5, 5.41) is 11.7. The highest BCUT2D eigenvalue weighted by atomic mass is 16.5. The van der Waals surface area contributed by atoms with Gasteiger partial charge in [0.1, 0.15) is 5.75 Å². The van der Waals surface area contributed by atoms with Crippen LogP contribution in [0.1, 0.15) is 11.1 Å². The fraction of sp³-hybridized carbons (Fsp3) is 0.125. The van der Waals surface area contributed by atoms with E-state index in [9.17, 15) is 0 Å². The van der Waals surface area contributed by atoms with E-state index in [4.69, 9.17) is 10.00 Å². The number of aliphatic imine (C=N–C) groups is 1. The van der Waals surface area contributed by atoms with Gasteiger partial charge in [-0.05, 0) is 30.2 Å². The average Bonchev–Trinajstić information content (AvgIpc) is 2.47. The molecule has 0 spiro atoms. The Bertz CT molecular complexity index is 630. The van der Waals surface area contributed by atoms with Gasteiger partial charge in [-0.25, -0.2) is 0 Å². The molecular weight excluding hydrogens is 250 g/mol.